The van der Waals surface area contributed by atoms with Crippen LogP contribution in [0.1, 0.15) is 21.5 Å². The summed E-state index contributed by atoms with van der Waals surface area (Å²) in [5.41, 5.74) is 1.48. The molecule has 0 bridgehead atoms. The van der Waals surface area contributed by atoms with E-state index < -0.39 is 15.9 Å². The van der Waals surface area contributed by atoms with Gasteiger partial charge in [0.2, 0.25) is 0 Å². The molecule has 27 heavy (non-hydrogen) atoms. The van der Waals surface area contributed by atoms with Gasteiger partial charge in [-0.3, -0.25) is 14.8 Å². The van der Waals surface area contributed by atoms with Gasteiger partial charge in [-0.1, -0.05) is 6.07 Å². The summed E-state index contributed by atoms with van der Waals surface area (Å²) in [5, 5.41) is 13.6. The number of carbonyl (C=O) groups excluding carboxylic acids is 1. The van der Waals surface area contributed by atoms with E-state index in [1.165, 1.54) is 35.6 Å². The number of sulfonamides is 1. The molecule has 7 nitrogen and oxygen atoms in total. The van der Waals surface area contributed by atoms with Gasteiger partial charge in [-0.15, -0.1) is 11.3 Å². The SMILES string of the molecule is Cc1ccc(C(=O)Nc2nccs2)c(NS(=O)(=O)c2ccc(C#N)cc2)c1. The van der Waals surface area contributed by atoms with Gasteiger partial charge < -0.3 is 0 Å². The lowest BCUT2D eigenvalue weighted by atomic mass is 10.1. The zero-order chi connectivity index (χ0) is 19.4. The van der Waals surface area contributed by atoms with E-state index in [9.17, 15) is 13.2 Å². The predicted octanol–water partition coefficient (Wildman–Crippen LogP) is 3.38. The van der Waals surface area contributed by atoms with Crippen molar-refractivity contribution in [3.05, 3.63) is 70.7 Å². The minimum absolute atomic E-state index is 0.00529. The molecule has 0 aliphatic carbocycles. The monoisotopic (exact) mass is 398 g/mol. The van der Waals surface area contributed by atoms with Crippen molar-refractivity contribution in [2.24, 2.45) is 0 Å². The number of amides is 1. The van der Waals surface area contributed by atoms with Gasteiger partial charge in [0.05, 0.1) is 27.8 Å². The van der Waals surface area contributed by atoms with Gasteiger partial charge in [-0.05, 0) is 48.9 Å². The van der Waals surface area contributed by atoms with Gasteiger partial charge in [0.25, 0.3) is 15.9 Å². The molecule has 0 unspecified atom stereocenters. The maximum Gasteiger partial charge on any atom is 0.261 e. The fourth-order valence-corrected chi connectivity index (χ4v) is 3.90. The van der Waals surface area contributed by atoms with Gasteiger partial charge in [0, 0.05) is 11.6 Å². The zero-order valence-electron chi connectivity index (χ0n) is 14.1. The first-order valence-corrected chi connectivity index (χ1v) is 10.1. The topological polar surface area (TPSA) is 112 Å². The van der Waals surface area contributed by atoms with Crippen LogP contribution in [0.2, 0.25) is 0 Å². The van der Waals surface area contributed by atoms with Gasteiger partial charge >= 0.3 is 0 Å². The molecule has 3 aromatic rings. The largest absolute Gasteiger partial charge is 0.298 e. The quantitative estimate of drug-likeness (QED) is 0.684. The zero-order valence-corrected chi connectivity index (χ0v) is 15.8. The standard InChI is InChI=1S/C18H14N4O3S2/c1-12-2-7-15(17(23)21-18-20-8-9-26-18)16(10-12)22-27(24,25)14-5-3-13(11-19)4-6-14/h2-10,22H,1H3,(H,20,21,23). The van der Waals surface area contributed by atoms with Crippen molar-refractivity contribution in [3.63, 3.8) is 0 Å². The van der Waals surface area contributed by atoms with Crippen LogP contribution in [0.4, 0.5) is 10.8 Å². The second kappa shape index (κ2) is 7.57. The van der Waals surface area contributed by atoms with Gasteiger partial charge in [-0.25, -0.2) is 13.4 Å². The lowest BCUT2D eigenvalue weighted by Gasteiger charge is -2.13. The van der Waals surface area contributed by atoms with E-state index in [0.29, 0.717) is 10.7 Å². The van der Waals surface area contributed by atoms with Crippen molar-refractivity contribution in [3.8, 4) is 6.07 Å². The molecule has 2 aromatic carbocycles. The van der Waals surface area contributed by atoms with E-state index in [4.69, 9.17) is 5.26 Å². The predicted molar refractivity (Wildman–Crippen MR) is 103 cm³/mol. The van der Waals surface area contributed by atoms with Gasteiger partial charge in [0.1, 0.15) is 0 Å². The number of benzene rings is 2. The molecule has 136 valence electrons. The molecule has 1 aromatic heterocycles. The Balaban J connectivity index is 1.92. The van der Waals surface area contributed by atoms with E-state index in [-0.39, 0.29) is 16.1 Å². The van der Waals surface area contributed by atoms with Crippen LogP contribution in [-0.4, -0.2) is 19.3 Å². The van der Waals surface area contributed by atoms with E-state index in [1.807, 2.05) is 6.07 Å². The Labute approximate surface area is 160 Å². The second-order valence-corrected chi connectivity index (χ2v) is 8.16. The summed E-state index contributed by atoms with van der Waals surface area (Å²) >= 11 is 1.26. The molecule has 3 rings (SSSR count). The number of hydrogen-bond donors (Lipinski definition) is 2. The third-order valence-corrected chi connectivity index (χ3v) is 5.68. The Hall–Kier alpha value is -3.22. The number of carbonyl (C=O) groups is 1. The average Bonchev–Trinajstić information content (AvgIpc) is 3.14. The number of aromatic nitrogens is 1. The Morgan fingerprint density at radius 1 is 1.19 bits per heavy atom. The molecule has 0 saturated heterocycles. The summed E-state index contributed by atoms with van der Waals surface area (Å²) in [6.07, 6.45) is 1.56. The summed E-state index contributed by atoms with van der Waals surface area (Å²) < 4.78 is 27.8. The molecule has 9 heteroatoms. The third kappa shape index (κ3) is 4.31. The highest BCUT2D eigenvalue weighted by atomic mass is 32.2. The Bertz CT molecular complexity index is 1120. The molecule has 1 heterocycles. The normalized spacial score (nSPS) is 10.8. The Morgan fingerprint density at radius 2 is 1.93 bits per heavy atom. The minimum Gasteiger partial charge on any atom is -0.298 e. The molecule has 0 fully saturated rings. The summed E-state index contributed by atoms with van der Waals surface area (Å²) in [7, 11) is -3.93. The van der Waals surface area contributed by atoms with Gasteiger partial charge in [0.15, 0.2) is 5.13 Å². The van der Waals surface area contributed by atoms with Crippen LogP contribution in [0.3, 0.4) is 0 Å². The van der Waals surface area contributed by atoms with E-state index in [0.717, 1.165) is 5.56 Å². The highest BCUT2D eigenvalue weighted by Gasteiger charge is 2.19. The first kappa shape index (κ1) is 18.6. The molecule has 0 saturated carbocycles. The smallest absolute Gasteiger partial charge is 0.261 e. The maximum absolute atomic E-state index is 12.7. The van der Waals surface area contributed by atoms with Crippen LogP contribution in [0.15, 0.2) is 58.9 Å². The van der Waals surface area contributed by atoms with Gasteiger partial charge in [-0.2, -0.15) is 5.26 Å². The van der Waals surface area contributed by atoms with Crippen molar-refractivity contribution >= 4 is 38.1 Å². The number of nitrogens with zero attached hydrogens (tertiary/aromatic N) is 2. The second-order valence-electron chi connectivity index (χ2n) is 5.58. The van der Waals surface area contributed by atoms with Crippen LogP contribution >= 0.6 is 11.3 Å². The van der Waals surface area contributed by atoms with Crippen LogP contribution < -0.4 is 10.0 Å². The minimum atomic E-state index is -3.93. The summed E-state index contributed by atoms with van der Waals surface area (Å²) in [5.74, 6) is -0.470. The number of aryl methyl sites for hydroxylation is 1. The number of nitrogens with one attached hydrogen (secondary N) is 2. The van der Waals surface area contributed by atoms with Crippen molar-refractivity contribution in [1.29, 1.82) is 5.26 Å². The molecule has 2 N–H and O–H groups in total. The Morgan fingerprint density at radius 3 is 2.56 bits per heavy atom. The molecule has 1 amide bonds. The van der Waals surface area contributed by atoms with Crippen LogP contribution in [-0.2, 0) is 10.0 Å². The number of hydrogen-bond acceptors (Lipinski definition) is 6. The molecule has 0 radical (unpaired) electrons. The highest BCUT2D eigenvalue weighted by molar-refractivity contribution is 7.92. The van der Waals surface area contributed by atoms with Crippen molar-refractivity contribution in [2.45, 2.75) is 11.8 Å². The first-order valence-electron chi connectivity index (χ1n) is 7.73. The van der Waals surface area contributed by atoms with Crippen LogP contribution in [0.25, 0.3) is 0 Å². The third-order valence-electron chi connectivity index (χ3n) is 3.61. The average molecular weight is 398 g/mol. The summed E-state index contributed by atoms with van der Waals surface area (Å²) in [6, 6.07) is 12.3. The number of thiazole rings is 1. The fraction of sp³-hybridized carbons (Fsp3) is 0.0556. The van der Waals surface area contributed by atoms with E-state index in [1.54, 1.807) is 36.7 Å². The van der Waals surface area contributed by atoms with Crippen molar-refractivity contribution in [1.82, 2.24) is 4.98 Å². The maximum atomic E-state index is 12.7. The Kier molecular flexibility index (Phi) is 5.21. The molecule has 0 aliphatic heterocycles. The first-order chi connectivity index (χ1) is 12.9. The lowest BCUT2D eigenvalue weighted by Crippen LogP contribution is -2.18. The number of rotatable bonds is 5. The molecular weight excluding hydrogens is 384 g/mol. The summed E-state index contributed by atoms with van der Waals surface area (Å²) in [4.78, 5) is 16.5. The highest BCUT2D eigenvalue weighted by Crippen LogP contribution is 2.23. The van der Waals surface area contributed by atoms with E-state index in [2.05, 4.69) is 15.0 Å². The van der Waals surface area contributed by atoms with Crippen molar-refractivity contribution in [2.75, 3.05) is 10.0 Å². The molecule has 0 aliphatic rings. The molecular formula is C18H14N4O3S2. The summed E-state index contributed by atoms with van der Waals surface area (Å²) in [6.45, 7) is 1.79. The van der Waals surface area contributed by atoms with Crippen LogP contribution in [0.5, 0.6) is 0 Å². The lowest BCUT2D eigenvalue weighted by molar-refractivity contribution is 0.102. The number of nitriles is 1. The fourth-order valence-electron chi connectivity index (χ4n) is 2.30. The molecule has 0 spiro atoms. The number of anilines is 2. The van der Waals surface area contributed by atoms with Crippen LogP contribution in [0, 0.1) is 18.3 Å². The van der Waals surface area contributed by atoms with E-state index >= 15 is 0 Å². The van der Waals surface area contributed by atoms with Crippen molar-refractivity contribution < 1.29 is 13.2 Å². The molecule has 0 atom stereocenters.